The van der Waals surface area contributed by atoms with Gasteiger partial charge in [0.25, 0.3) is 0 Å². The molecule has 1 fully saturated rings. The van der Waals surface area contributed by atoms with Gasteiger partial charge in [-0.1, -0.05) is 0 Å². The summed E-state index contributed by atoms with van der Waals surface area (Å²) in [5.41, 5.74) is 0. The number of nitrogens with one attached hydrogen (secondary N) is 1. The number of hydrogen-bond acceptors (Lipinski definition) is 3. The highest BCUT2D eigenvalue weighted by molar-refractivity contribution is 5.77. The van der Waals surface area contributed by atoms with Crippen molar-refractivity contribution in [3.05, 3.63) is 0 Å². The Kier molecular flexibility index (Phi) is 4.78. The fraction of sp³-hybridized carbons (Fsp3) is 0.889. The van der Waals surface area contributed by atoms with E-state index in [1.54, 1.807) is 0 Å². The van der Waals surface area contributed by atoms with Gasteiger partial charge >= 0.3 is 0 Å². The molecule has 76 valence electrons. The summed E-state index contributed by atoms with van der Waals surface area (Å²) in [7, 11) is 1.52. The van der Waals surface area contributed by atoms with Crippen LogP contribution in [0.1, 0.15) is 12.8 Å². The summed E-state index contributed by atoms with van der Waals surface area (Å²) in [5.74, 6) is 0.587. The second-order valence-electron chi connectivity index (χ2n) is 3.30. The first kappa shape index (κ1) is 10.5. The van der Waals surface area contributed by atoms with Crippen molar-refractivity contribution in [1.29, 1.82) is 0 Å². The van der Waals surface area contributed by atoms with E-state index in [2.05, 4.69) is 10.1 Å². The van der Waals surface area contributed by atoms with Crippen LogP contribution in [0.2, 0.25) is 0 Å². The monoisotopic (exact) mass is 187 g/mol. The molecule has 1 heterocycles. The number of rotatable bonds is 5. The molecule has 4 nitrogen and oxygen atoms in total. The first-order valence-electron chi connectivity index (χ1n) is 4.66. The van der Waals surface area contributed by atoms with E-state index >= 15 is 0 Å². The van der Waals surface area contributed by atoms with Crippen molar-refractivity contribution in [3.8, 4) is 0 Å². The van der Waals surface area contributed by atoms with Crippen molar-refractivity contribution in [2.75, 3.05) is 33.5 Å². The van der Waals surface area contributed by atoms with Gasteiger partial charge in [-0.3, -0.25) is 4.79 Å². The van der Waals surface area contributed by atoms with Crippen LogP contribution in [0.15, 0.2) is 0 Å². The van der Waals surface area contributed by atoms with Crippen molar-refractivity contribution in [1.82, 2.24) is 5.32 Å². The largest absolute Gasteiger partial charge is 0.381 e. The lowest BCUT2D eigenvalue weighted by Gasteiger charge is -2.07. The van der Waals surface area contributed by atoms with E-state index in [0.29, 0.717) is 5.92 Å². The fourth-order valence-corrected chi connectivity index (χ4v) is 1.41. The molecular formula is C9H17NO3. The number of ether oxygens (including phenoxy) is 2. The highest BCUT2D eigenvalue weighted by atomic mass is 16.5. The van der Waals surface area contributed by atoms with Crippen LogP contribution in [0.4, 0.5) is 0 Å². The van der Waals surface area contributed by atoms with Gasteiger partial charge in [-0.2, -0.15) is 0 Å². The number of methoxy groups -OCH3 is 1. The molecule has 0 aromatic rings. The minimum absolute atomic E-state index is 0.0404. The summed E-state index contributed by atoms with van der Waals surface area (Å²) in [4.78, 5) is 10.9. The second-order valence-corrected chi connectivity index (χ2v) is 3.30. The van der Waals surface area contributed by atoms with Crippen molar-refractivity contribution >= 4 is 5.91 Å². The highest BCUT2D eigenvalue weighted by Crippen LogP contribution is 2.14. The maximum Gasteiger partial charge on any atom is 0.245 e. The molecular weight excluding hydrogens is 170 g/mol. The maximum absolute atomic E-state index is 10.9. The molecule has 0 spiro atoms. The Morgan fingerprint density at radius 1 is 1.69 bits per heavy atom. The smallest absolute Gasteiger partial charge is 0.245 e. The van der Waals surface area contributed by atoms with Crippen molar-refractivity contribution in [3.63, 3.8) is 0 Å². The van der Waals surface area contributed by atoms with Gasteiger partial charge in [0.05, 0.1) is 0 Å². The van der Waals surface area contributed by atoms with Crippen LogP contribution in [0.25, 0.3) is 0 Å². The molecule has 0 aromatic heterocycles. The molecule has 0 aromatic carbocycles. The van der Waals surface area contributed by atoms with Gasteiger partial charge < -0.3 is 14.8 Å². The van der Waals surface area contributed by atoms with Gasteiger partial charge in [-0.15, -0.1) is 0 Å². The molecule has 1 N–H and O–H groups in total. The van der Waals surface area contributed by atoms with Crippen molar-refractivity contribution in [2.45, 2.75) is 12.8 Å². The molecule has 1 atom stereocenters. The van der Waals surface area contributed by atoms with Crippen LogP contribution in [0, 0.1) is 5.92 Å². The Morgan fingerprint density at radius 3 is 3.15 bits per heavy atom. The van der Waals surface area contributed by atoms with Gasteiger partial charge in [0.1, 0.15) is 6.61 Å². The molecule has 1 amide bonds. The molecule has 4 heteroatoms. The van der Waals surface area contributed by atoms with Gasteiger partial charge in [0.2, 0.25) is 5.91 Å². The normalized spacial score (nSPS) is 21.8. The lowest BCUT2D eigenvalue weighted by molar-refractivity contribution is -0.124. The summed E-state index contributed by atoms with van der Waals surface area (Å²) in [6.45, 7) is 2.61. The van der Waals surface area contributed by atoms with Crippen LogP contribution in [0.5, 0.6) is 0 Å². The van der Waals surface area contributed by atoms with Crippen molar-refractivity contribution in [2.24, 2.45) is 5.92 Å². The zero-order valence-corrected chi connectivity index (χ0v) is 8.04. The number of carbonyl (C=O) groups excluding carboxylic acids is 1. The third-order valence-corrected chi connectivity index (χ3v) is 2.17. The van der Waals surface area contributed by atoms with Gasteiger partial charge in [0.15, 0.2) is 0 Å². The zero-order chi connectivity index (χ0) is 9.52. The van der Waals surface area contributed by atoms with Crippen LogP contribution in [0.3, 0.4) is 0 Å². The zero-order valence-electron chi connectivity index (χ0n) is 8.04. The summed E-state index contributed by atoms with van der Waals surface area (Å²) < 4.78 is 9.91. The molecule has 1 saturated heterocycles. The quantitative estimate of drug-likeness (QED) is 0.667. The molecule has 0 bridgehead atoms. The van der Waals surface area contributed by atoms with Crippen LogP contribution in [-0.2, 0) is 14.3 Å². The molecule has 1 rings (SSSR count). The number of hydrogen-bond donors (Lipinski definition) is 1. The van der Waals surface area contributed by atoms with E-state index in [-0.39, 0.29) is 12.5 Å². The van der Waals surface area contributed by atoms with E-state index in [0.717, 1.165) is 32.6 Å². The van der Waals surface area contributed by atoms with Gasteiger partial charge in [-0.25, -0.2) is 0 Å². The number of carbonyl (C=O) groups is 1. The van der Waals surface area contributed by atoms with Crippen LogP contribution in [-0.4, -0.2) is 39.4 Å². The second kappa shape index (κ2) is 5.94. The lowest BCUT2D eigenvalue weighted by Crippen LogP contribution is -2.29. The molecule has 0 radical (unpaired) electrons. The Balaban J connectivity index is 1.96. The minimum Gasteiger partial charge on any atom is -0.381 e. The Hall–Kier alpha value is -0.610. The topological polar surface area (TPSA) is 47.6 Å². The summed E-state index contributed by atoms with van der Waals surface area (Å²) in [6, 6.07) is 0. The first-order chi connectivity index (χ1) is 6.33. The minimum atomic E-state index is -0.0404. The standard InChI is InChI=1S/C9H17NO3/c1-12-7-9(11)10-4-2-8-3-5-13-6-8/h8H,2-7H2,1H3,(H,10,11). The van der Waals surface area contributed by atoms with E-state index in [1.165, 1.54) is 7.11 Å². The van der Waals surface area contributed by atoms with Gasteiger partial charge in [-0.05, 0) is 18.8 Å². The van der Waals surface area contributed by atoms with E-state index in [9.17, 15) is 4.79 Å². The SMILES string of the molecule is COCC(=O)NCCC1CCOC1. The Bertz CT molecular complexity index is 155. The van der Waals surface area contributed by atoms with E-state index in [1.807, 2.05) is 0 Å². The lowest BCUT2D eigenvalue weighted by atomic mass is 10.1. The van der Waals surface area contributed by atoms with Crippen LogP contribution < -0.4 is 5.32 Å². The Morgan fingerprint density at radius 2 is 2.54 bits per heavy atom. The fourth-order valence-electron chi connectivity index (χ4n) is 1.41. The Labute approximate surface area is 78.6 Å². The third-order valence-electron chi connectivity index (χ3n) is 2.17. The number of amides is 1. The summed E-state index contributed by atoms with van der Waals surface area (Å²) >= 11 is 0. The maximum atomic E-state index is 10.9. The molecule has 1 aliphatic rings. The summed E-state index contributed by atoms with van der Waals surface area (Å²) in [6.07, 6.45) is 2.13. The van der Waals surface area contributed by atoms with E-state index < -0.39 is 0 Å². The van der Waals surface area contributed by atoms with Crippen LogP contribution >= 0.6 is 0 Å². The summed E-state index contributed by atoms with van der Waals surface area (Å²) in [5, 5.41) is 2.79. The molecule has 1 unspecified atom stereocenters. The molecule has 13 heavy (non-hydrogen) atoms. The van der Waals surface area contributed by atoms with Crippen molar-refractivity contribution < 1.29 is 14.3 Å². The first-order valence-corrected chi connectivity index (χ1v) is 4.66. The predicted molar refractivity (Wildman–Crippen MR) is 48.4 cm³/mol. The average Bonchev–Trinajstić information content (AvgIpc) is 2.57. The highest BCUT2D eigenvalue weighted by Gasteiger charge is 2.14. The van der Waals surface area contributed by atoms with E-state index in [4.69, 9.17) is 4.74 Å². The molecule has 1 aliphatic heterocycles. The average molecular weight is 187 g/mol. The molecule has 0 aliphatic carbocycles. The molecule has 0 saturated carbocycles. The third kappa shape index (κ3) is 4.24. The predicted octanol–water partition coefficient (Wildman–Crippen LogP) is 0.176. The van der Waals surface area contributed by atoms with Gasteiger partial charge in [0, 0.05) is 26.9 Å².